The van der Waals surface area contributed by atoms with Crippen molar-refractivity contribution in [3.8, 4) is 0 Å². The van der Waals surface area contributed by atoms with Crippen LogP contribution in [0.5, 0.6) is 0 Å². The number of nitrogens with zero attached hydrogens (tertiary/aromatic N) is 1. The van der Waals surface area contributed by atoms with Crippen molar-refractivity contribution < 1.29 is 9.18 Å². The zero-order valence-corrected chi connectivity index (χ0v) is 10.5. The average Bonchev–Trinajstić information content (AvgIpc) is 2.32. The molecule has 17 heavy (non-hydrogen) atoms. The van der Waals surface area contributed by atoms with Crippen molar-refractivity contribution in [3.63, 3.8) is 0 Å². The highest BCUT2D eigenvalue weighted by Crippen LogP contribution is 2.20. The number of amides is 1. The van der Waals surface area contributed by atoms with Gasteiger partial charge in [0.25, 0.3) is 5.91 Å². The quantitative estimate of drug-likeness (QED) is 0.780. The first-order chi connectivity index (χ1) is 8.08. The minimum atomic E-state index is -0.532. The van der Waals surface area contributed by atoms with E-state index in [1.54, 1.807) is 11.0 Å². The van der Waals surface area contributed by atoms with E-state index in [0.29, 0.717) is 10.8 Å². The number of hydrogen-bond acceptors (Lipinski definition) is 3. The SMILES string of the molecule is CC1CN(C(=O)c2ccc(N)c(F)c2)CCS1. The summed E-state index contributed by atoms with van der Waals surface area (Å²) in [5.41, 5.74) is 5.83. The maximum Gasteiger partial charge on any atom is 0.254 e. The molecule has 0 bridgehead atoms. The number of benzene rings is 1. The van der Waals surface area contributed by atoms with E-state index in [-0.39, 0.29) is 11.6 Å². The molecule has 1 aliphatic heterocycles. The molecule has 1 amide bonds. The summed E-state index contributed by atoms with van der Waals surface area (Å²) in [5.74, 6) is 0.288. The van der Waals surface area contributed by atoms with Crippen LogP contribution in [0.25, 0.3) is 0 Å². The van der Waals surface area contributed by atoms with Crippen LogP contribution in [0.3, 0.4) is 0 Å². The predicted molar refractivity (Wildman–Crippen MR) is 68.6 cm³/mol. The molecule has 1 heterocycles. The largest absolute Gasteiger partial charge is 0.396 e. The van der Waals surface area contributed by atoms with Crippen LogP contribution in [-0.4, -0.2) is 34.9 Å². The Morgan fingerprint density at radius 1 is 1.59 bits per heavy atom. The number of thioether (sulfide) groups is 1. The molecule has 2 rings (SSSR count). The van der Waals surface area contributed by atoms with E-state index in [9.17, 15) is 9.18 Å². The number of rotatable bonds is 1. The van der Waals surface area contributed by atoms with Gasteiger partial charge >= 0.3 is 0 Å². The lowest BCUT2D eigenvalue weighted by Gasteiger charge is -2.30. The maximum atomic E-state index is 13.3. The molecule has 1 fully saturated rings. The Labute approximate surface area is 104 Å². The summed E-state index contributed by atoms with van der Waals surface area (Å²) in [5, 5.41) is 0.436. The smallest absolute Gasteiger partial charge is 0.254 e. The number of nitrogen functional groups attached to an aromatic ring is 1. The summed E-state index contributed by atoms with van der Waals surface area (Å²) in [6.07, 6.45) is 0. The van der Waals surface area contributed by atoms with Crippen LogP contribution in [0.15, 0.2) is 18.2 Å². The lowest BCUT2D eigenvalue weighted by Crippen LogP contribution is -2.41. The second-order valence-electron chi connectivity index (χ2n) is 4.17. The third kappa shape index (κ3) is 2.72. The monoisotopic (exact) mass is 254 g/mol. The molecule has 1 unspecified atom stereocenters. The van der Waals surface area contributed by atoms with Crippen LogP contribution in [0, 0.1) is 5.82 Å². The highest BCUT2D eigenvalue weighted by atomic mass is 32.2. The third-order valence-electron chi connectivity index (χ3n) is 2.78. The lowest BCUT2D eigenvalue weighted by molar-refractivity contribution is 0.0762. The molecule has 1 atom stereocenters. The minimum Gasteiger partial charge on any atom is -0.396 e. The van der Waals surface area contributed by atoms with Gasteiger partial charge in [-0.25, -0.2) is 4.39 Å². The molecule has 1 aromatic carbocycles. The van der Waals surface area contributed by atoms with Crippen LogP contribution in [0.2, 0.25) is 0 Å². The molecule has 3 nitrogen and oxygen atoms in total. The molecular formula is C12H15FN2OS. The Morgan fingerprint density at radius 3 is 3.00 bits per heavy atom. The summed E-state index contributed by atoms with van der Waals surface area (Å²) in [6.45, 7) is 3.53. The molecule has 1 aliphatic rings. The second kappa shape index (κ2) is 4.96. The van der Waals surface area contributed by atoms with Crippen LogP contribution >= 0.6 is 11.8 Å². The maximum absolute atomic E-state index is 13.3. The Morgan fingerprint density at radius 2 is 2.35 bits per heavy atom. The van der Waals surface area contributed by atoms with E-state index >= 15 is 0 Å². The first-order valence-corrected chi connectivity index (χ1v) is 6.58. The van der Waals surface area contributed by atoms with Gasteiger partial charge in [0.15, 0.2) is 0 Å². The van der Waals surface area contributed by atoms with Crippen molar-refractivity contribution >= 4 is 23.4 Å². The Hall–Kier alpha value is -1.23. The van der Waals surface area contributed by atoms with Gasteiger partial charge in [-0.3, -0.25) is 4.79 Å². The topological polar surface area (TPSA) is 46.3 Å². The summed E-state index contributed by atoms with van der Waals surface area (Å²) >= 11 is 1.85. The van der Waals surface area contributed by atoms with Crippen molar-refractivity contribution in [2.24, 2.45) is 0 Å². The number of hydrogen-bond donors (Lipinski definition) is 1. The molecule has 0 radical (unpaired) electrons. The highest BCUT2D eigenvalue weighted by Gasteiger charge is 2.22. The van der Waals surface area contributed by atoms with Gasteiger partial charge in [-0.1, -0.05) is 6.92 Å². The molecule has 5 heteroatoms. The molecule has 2 N–H and O–H groups in total. The van der Waals surface area contributed by atoms with E-state index in [1.165, 1.54) is 12.1 Å². The first-order valence-electron chi connectivity index (χ1n) is 5.54. The fourth-order valence-corrected chi connectivity index (χ4v) is 2.86. The fourth-order valence-electron chi connectivity index (χ4n) is 1.85. The highest BCUT2D eigenvalue weighted by molar-refractivity contribution is 7.99. The molecule has 1 saturated heterocycles. The number of anilines is 1. The van der Waals surface area contributed by atoms with Gasteiger partial charge in [-0.15, -0.1) is 0 Å². The van der Waals surface area contributed by atoms with E-state index in [4.69, 9.17) is 5.73 Å². The zero-order chi connectivity index (χ0) is 12.4. The van der Waals surface area contributed by atoms with Crippen molar-refractivity contribution in [3.05, 3.63) is 29.6 Å². The van der Waals surface area contributed by atoms with Gasteiger partial charge in [0.05, 0.1) is 5.69 Å². The van der Waals surface area contributed by atoms with Gasteiger partial charge in [-0.2, -0.15) is 11.8 Å². The van der Waals surface area contributed by atoms with E-state index in [1.807, 2.05) is 11.8 Å². The van der Waals surface area contributed by atoms with Crippen LogP contribution in [0.4, 0.5) is 10.1 Å². The predicted octanol–water partition coefficient (Wildman–Crippen LogP) is 1.99. The van der Waals surface area contributed by atoms with Crippen molar-refractivity contribution in [1.29, 1.82) is 0 Å². The Balaban J connectivity index is 2.15. The normalized spacial score (nSPS) is 20.4. The average molecular weight is 254 g/mol. The molecule has 0 aromatic heterocycles. The fraction of sp³-hybridized carbons (Fsp3) is 0.417. The van der Waals surface area contributed by atoms with Crippen LogP contribution < -0.4 is 5.73 Å². The van der Waals surface area contributed by atoms with Gasteiger partial charge in [0, 0.05) is 29.7 Å². The van der Waals surface area contributed by atoms with Crippen molar-refractivity contribution in [1.82, 2.24) is 4.90 Å². The molecular weight excluding hydrogens is 239 g/mol. The Bertz CT molecular complexity index is 439. The lowest BCUT2D eigenvalue weighted by atomic mass is 10.1. The molecule has 0 aliphatic carbocycles. The summed E-state index contributed by atoms with van der Waals surface area (Å²) in [6, 6.07) is 4.22. The molecule has 0 spiro atoms. The van der Waals surface area contributed by atoms with Gasteiger partial charge in [-0.05, 0) is 18.2 Å². The number of nitrogens with two attached hydrogens (primary N) is 1. The van der Waals surface area contributed by atoms with Crippen molar-refractivity contribution in [2.75, 3.05) is 24.6 Å². The minimum absolute atomic E-state index is 0.0733. The molecule has 1 aromatic rings. The van der Waals surface area contributed by atoms with Gasteiger partial charge in [0.1, 0.15) is 5.82 Å². The van der Waals surface area contributed by atoms with Gasteiger partial charge < -0.3 is 10.6 Å². The summed E-state index contributed by atoms with van der Waals surface area (Å²) in [4.78, 5) is 13.9. The standard InChI is InChI=1S/C12H15FN2OS/c1-8-7-15(4-5-17-8)12(16)9-2-3-11(14)10(13)6-9/h2-3,6,8H,4-5,7,14H2,1H3. The second-order valence-corrected chi connectivity index (χ2v) is 5.72. The first kappa shape index (κ1) is 12.2. The zero-order valence-electron chi connectivity index (χ0n) is 9.65. The van der Waals surface area contributed by atoms with E-state index < -0.39 is 5.82 Å². The van der Waals surface area contributed by atoms with Crippen LogP contribution in [0.1, 0.15) is 17.3 Å². The Kier molecular flexibility index (Phi) is 3.57. The number of carbonyl (C=O) groups is 1. The third-order valence-corrected chi connectivity index (χ3v) is 3.91. The van der Waals surface area contributed by atoms with E-state index in [2.05, 4.69) is 6.92 Å². The summed E-state index contributed by atoms with van der Waals surface area (Å²) in [7, 11) is 0. The molecule has 92 valence electrons. The number of halogens is 1. The van der Waals surface area contributed by atoms with E-state index in [0.717, 1.165) is 18.8 Å². The van der Waals surface area contributed by atoms with Crippen LogP contribution in [-0.2, 0) is 0 Å². The van der Waals surface area contributed by atoms with Gasteiger partial charge in [0.2, 0.25) is 0 Å². The number of carbonyl (C=O) groups excluding carboxylic acids is 1. The summed E-state index contributed by atoms with van der Waals surface area (Å²) < 4.78 is 13.3. The van der Waals surface area contributed by atoms with Crippen molar-refractivity contribution in [2.45, 2.75) is 12.2 Å². The molecule has 0 saturated carbocycles.